The van der Waals surface area contributed by atoms with Crippen LogP contribution in [0.3, 0.4) is 0 Å². The van der Waals surface area contributed by atoms with Gasteiger partial charge in [-0.3, -0.25) is 9.59 Å². The Labute approximate surface area is 89.9 Å². The summed E-state index contributed by atoms with van der Waals surface area (Å²) in [5.41, 5.74) is -0.747. The molecule has 3 heteroatoms. The topological polar surface area (TPSA) is 54.4 Å². The van der Waals surface area contributed by atoms with E-state index in [4.69, 9.17) is 5.11 Å². The molecule has 2 bridgehead atoms. The van der Waals surface area contributed by atoms with Gasteiger partial charge in [-0.2, -0.15) is 0 Å². The van der Waals surface area contributed by atoms with Gasteiger partial charge in [0.1, 0.15) is 5.78 Å². The van der Waals surface area contributed by atoms with E-state index in [1.807, 2.05) is 6.92 Å². The monoisotopic (exact) mass is 210 g/mol. The quantitative estimate of drug-likeness (QED) is 0.760. The number of ketones is 1. The number of carboxylic acids is 1. The van der Waals surface area contributed by atoms with Crippen molar-refractivity contribution in [2.45, 2.75) is 46.5 Å². The van der Waals surface area contributed by atoms with Crippen LogP contribution in [-0.2, 0) is 9.59 Å². The zero-order chi connectivity index (χ0) is 11.5. The first-order valence-electron chi connectivity index (χ1n) is 5.50. The van der Waals surface area contributed by atoms with Crippen LogP contribution in [0.1, 0.15) is 46.5 Å². The second-order valence-corrected chi connectivity index (χ2v) is 5.91. The molecule has 3 nitrogen and oxygen atoms in total. The summed E-state index contributed by atoms with van der Waals surface area (Å²) in [5, 5.41) is 8.98. The molecule has 2 fully saturated rings. The van der Waals surface area contributed by atoms with E-state index in [-0.39, 0.29) is 28.4 Å². The van der Waals surface area contributed by atoms with Crippen LogP contribution in [0.2, 0.25) is 0 Å². The van der Waals surface area contributed by atoms with Crippen LogP contribution >= 0.6 is 0 Å². The molecule has 2 aliphatic carbocycles. The van der Waals surface area contributed by atoms with Crippen molar-refractivity contribution in [1.29, 1.82) is 0 Å². The first-order chi connectivity index (χ1) is 6.75. The average Bonchev–Trinajstić information content (AvgIpc) is 2.33. The fraction of sp³-hybridized carbons (Fsp3) is 0.833. The number of aliphatic carboxylic acids is 1. The Bertz CT molecular complexity index is 341. The van der Waals surface area contributed by atoms with Crippen molar-refractivity contribution in [3.05, 3.63) is 0 Å². The van der Waals surface area contributed by atoms with E-state index in [9.17, 15) is 9.59 Å². The first kappa shape index (κ1) is 10.7. The molecule has 0 heterocycles. The molecule has 0 radical (unpaired) electrons. The largest absolute Gasteiger partial charge is 0.481 e. The van der Waals surface area contributed by atoms with Crippen molar-refractivity contribution in [2.75, 3.05) is 0 Å². The van der Waals surface area contributed by atoms with Gasteiger partial charge in [0.25, 0.3) is 0 Å². The number of carboxylic acid groups (broad SMARTS) is 1. The average molecular weight is 210 g/mol. The Morgan fingerprint density at radius 3 is 2.27 bits per heavy atom. The van der Waals surface area contributed by atoms with Gasteiger partial charge in [0, 0.05) is 11.8 Å². The summed E-state index contributed by atoms with van der Waals surface area (Å²) in [5.74, 6) is -0.512. The van der Waals surface area contributed by atoms with Gasteiger partial charge in [-0.05, 0) is 23.7 Å². The molecule has 15 heavy (non-hydrogen) atoms. The lowest BCUT2D eigenvalue weighted by Crippen LogP contribution is -2.36. The predicted molar refractivity (Wildman–Crippen MR) is 55.4 cm³/mol. The molecule has 2 unspecified atom stereocenters. The third-order valence-electron chi connectivity index (χ3n) is 5.41. The Morgan fingerprint density at radius 1 is 1.33 bits per heavy atom. The number of fused-ring (bicyclic) bond motifs is 2. The molecule has 0 aromatic carbocycles. The molecule has 84 valence electrons. The molecule has 0 aromatic heterocycles. The second kappa shape index (κ2) is 2.63. The van der Waals surface area contributed by atoms with Crippen molar-refractivity contribution in [3.8, 4) is 0 Å². The molecular weight excluding hydrogens is 192 g/mol. The molecule has 2 aliphatic rings. The highest BCUT2D eigenvalue weighted by Gasteiger charge is 2.69. The molecule has 2 atom stereocenters. The zero-order valence-corrected chi connectivity index (χ0v) is 9.59. The lowest BCUT2D eigenvalue weighted by Gasteiger charge is -2.39. The van der Waals surface area contributed by atoms with Crippen LogP contribution in [0.15, 0.2) is 0 Å². The minimum atomic E-state index is -0.776. The Morgan fingerprint density at radius 2 is 1.93 bits per heavy atom. The van der Waals surface area contributed by atoms with Crippen molar-refractivity contribution in [2.24, 2.45) is 16.2 Å². The highest BCUT2D eigenvalue weighted by molar-refractivity contribution is 5.91. The lowest BCUT2D eigenvalue weighted by molar-refractivity contribution is -0.141. The third-order valence-corrected chi connectivity index (χ3v) is 5.41. The fourth-order valence-electron chi connectivity index (χ4n) is 3.66. The van der Waals surface area contributed by atoms with Crippen LogP contribution in [0.4, 0.5) is 0 Å². The van der Waals surface area contributed by atoms with E-state index in [2.05, 4.69) is 13.8 Å². The minimum Gasteiger partial charge on any atom is -0.481 e. The highest BCUT2D eigenvalue weighted by Crippen LogP contribution is 2.71. The maximum absolute atomic E-state index is 12.0. The summed E-state index contributed by atoms with van der Waals surface area (Å²) in [6, 6.07) is 0. The Balaban J connectivity index is 2.44. The van der Waals surface area contributed by atoms with E-state index < -0.39 is 5.97 Å². The molecule has 2 saturated carbocycles. The summed E-state index contributed by atoms with van der Waals surface area (Å²) < 4.78 is 0. The molecule has 0 saturated heterocycles. The van der Waals surface area contributed by atoms with Crippen molar-refractivity contribution in [1.82, 2.24) is 0 Å². The lowest BCUT2D eigenvalue weighted by atomic mass is 9.64. The van der Waals surface area contributed by atoms with Crippen LogP contribution < -0.4 is 0 Å². The van der Waals surface area contributed by atoms with E-state index in [1.165, 1.54) is 0 Å². The maximum atomic E-state index is 12.0. The molecule has 0 aromatic rings. The number of Topliss-reactive ketones (excluding diaryl/α,β-unsaturated/α-hetero) is 1. The van der Waals surface area contributed by atoms with Crippen LogP contribution in [-0.4, -0.2) is 16.9 Å². The van der Waals surface area contributed by atoms with Gasteiger partial charge in [0.05, 0.1) is 6.42 Å². The summed E-state index contributed by atoms with van der Waals surface area (Å²) >= 11 is 0. The molecule has 0 spiro atoms. The van der Waals surface area contributed by atoms with Crippen LogP contribution in [0.5, 0.6) is 0 Å². The van der Waals surface area contributed by atoms with E-state index >= 15 is 0 Å². The maximum Gasteiger partial charge on any atom is 0.303 e. The van der Waals surface area contributed by atoms with Gasteiger partial charge < -0.3 is 5.11 Å². The smallest absolute Gasteiger partial charge is 0.303 e. The van der Waals surface area contributed by atoms with Gasteiger partial charge in [-0.1, -0.05) is 20.8 Å². The fourth-order valence-corrected chi connectivity index (χ4v) is 3.66. The summed E-state index contributed by atoms with van der Waals surface area (Å²) in [6.07, 6.45) is 2.34. The number of hydrogen-bond acceptors (Lipinski definition) is 2. The van der Waals surface area contributed by atoms with Crippen molar-refractivity contribution >= 4 is 11.8 Å². The van der Waals surface area contributed by atoms with Gasteiger partial charge in [-0.25, -0.2) is 0 Å². The molecule has 1 N–H and O–H groups in total. The zero-order valence-electron chi connectivity index (χ0n) is 9.59. The van der Waals surface area contributed by atoms with E-state index in [0.717, 1.165) is 12.8 Å². The molecule has 2 rings (SSSR count). The summed E-state index contributed by atoms with van der Waals surface area (Å²) in [7, 11) is 0. The highest BCUT2D eigenvalue weighted by atomic mass is 16.4. The normalized spacial score (nSPS) is 42.2. The van der Waals surface area contributed by atoms with Gasteiger partial charge in [-0.15, -0.1) is 0 Å². The SMILES string of the molecule is CC12CCC(CC(=O)O)(CC1=O)C2(C)C. The van der Waals surface area contributed by atoms with E-state index in [0.29, 0.717) is 6.42 Å². The predicted octanol–water partition coefficient (Wildman–Crippen LogP) is 2.25. The summed E-state index contributed by atoms with van der Waals surface area (Å²) in [4.78, 5) is 22.9. The minimum absolute atomic E-state index is 0.140. The number of carbonyl (C=O) groups excluding carboxylic acids is 1. The standard InChI is InChI=1S/C12H18O3/c1-10(2)11(3)4-5-12(10,6-8(11)13)7-9(14)15/h4-7H2,1-3H3,(H,14,15). The second-order valence-electron chi connectivity index (χ2n) is 5.91. The Hall–Kier alpha value is -0.860. The molecule has 0 amide bonds. The summed E-state index contributed by atoms with van der Waals surface area (Å²) in [6.45, 7) is 6.13. The van der Waals surface area contributed by atoms with Gasteiger partial charge in [0.15, 0.2) is 0 Å². The number of carbonyl (C=O) groups is 2. The van der Waals surface area contributed by atoms with Crippen LogP contribution in [0, 0.1) is 16.2 Å². The van der Waals surface area contributed by atoms with Crippen LogP contribution in [0.25, 0.3) is 0 Å². The first-order valence-corrected chi connectivity index (χ1v) is 5.50. The number of hydrogen-bond donors (Lipinski definition) is 1. The van der Waals surface area contributed by atoms with E-state index in [1.54, 1.807) is 0 Å². The third kappa shape index (κ3) is 1.01. The van der Waals surface area contributed by atoms with Crippen molar-refractivity contribution < 1.29 is 14.7 Å². The number of rotatable bonds is 2. The van der Waals surface area contributed by atoms with Gasteiger partial charge >= 0.3 is 5.97 Å². The van der Waals surface area contributed by atoms with Gasteiger partial charge in [0.2, 0.25) is 0 Å². The Kier molecular flexibility index (Phi) is 1.87. The molecular formula is C12H18O3. The van der Waals surface area contributed by atoms with Crippen molar-refractivity contribution in [3.63, 3.8) is 0 Å². The molecule has 0 aliphatic heterocycles.